The lowest BCUT2D eigenvalue weighted by molar-refractivity contribution is 0.0746. The molecule has 20 heavy (non-hydrogen) atoms. The van der Waals surface area contributed by atoms with Gasteiger partial charge in [-0.25, -0.2) is 4.39 Å². The van der Waals surface area contributed by atoms with E-state index in [0.29, 0.717) is 17.6 Å². The van der Waals surface area contributed by atoms with Crippen molar-refractivity contribution in [3.05, 3.63) is 64.1 Å². The molecule has 0 bridgehead atoms. The van der Waals surface area contributed by atoms with Crippen molar-refractivity contribution in [2.45, 2.75) is 13.5 Å². The van der Waals surface area contributed by atoms with Gasteiger partial charge in [0.05, 0.1) is 17.8 Å². The Morgan fingerprint density at radius 2 is 2.15 bits per heavy atom. The summed E-state index contributed by atoms with van der Waals surface area (Å²) in [5.41, 5.74) is 0.843. The van der Waals surface area contributed by atoms with Crippen LogP contribution < -0.4 is 0 Å². The zero-order valence-corrected chi connectivity index (χ0v) is 12.6. The van der Waals surface area contributed by atoms with Gasteiger partial charge in [0.15, 0.2) is 0 Å². The molecular weight excluding hydrogens is 323 g/mol. The lowest BCUT2D eigenvalue weighted by atomic mass is 10.1. The van der Waals surface area contributed by atoms with Crippen LogP contribution in [0, 0.1) is 5.82 Å². The van der Waals surface area contributed by atoms with Crippen LogP contribution in [0.4, 0.5) is 4.39 Å². The summed E-state index contributed by atoms with van der Waals surface area (Å²) in [4.78, 5) is 18.1. The molecule has 0 atom stereocenters. The zero-order valence-electron chi connectivity index (χ0n) is 11.0. The van der Waals surface area contributed by atoms with E-state index in [2.05, 4.69) is 20.9 Å². The van der Waals surface area contributed by atoms with E-state index in [-0.39, 0.29) is 11.5 Å². The molecule has 0 radical (unpaired) electrons. The molecule has 3 nitrogen and oxygen atoms in total. The Morgan fingerprint density at radius 1 is 1.35 bits per heavy atom. The van der Waals surface area contributed by atoms with Crippen LogP contribution in [0.2, 0.25) is 0 Å². The molecule has 1 amide bonds. The van der Waals surface area contributed by atoms with Crippen molar-refractivity contribution in [1.82, 2.24) is 9.88 Å². The van der Waals surface area contributed by atoms with E-state index in [4.69, 9.17) is 0 Å². The van der Waals surface area contributed by atoms with Gasteiger partial charge in [0.25, 0.3) is 5.91 Å². The van der Waals surface area contributed by atoms with Gasteiger partial charge in [0.2, 0.25) is 0 Å². The Morgan fingerprint density at radius 3 is 2.80 bits per heavy atom. The van der Waals surface area contributed by atoms with Crippen LogP contribution in [0.5, 0.6) is 0 Å². The number of benzene rings is 1. The Bertz CT molecular complexity index is 604. The molecule has 2 rings (SSSR count). The Kier molecular flexibility index (Phi) is 4.84. The third-order valence-electron chi connectivity index (χ3n) is 2.91. The van der Waals surface area contributed by atoms with Gasteiger partial charge in [-0.05, 0) is 37.3 Å². The average molecular weight is 337 g/mol. The Hall–Kier alpha value is -1.75. The monoisotopic (exact) mass is 336 g/mol. The van der Waals surface area contributed by atoms with Crippen LogP contribution in [0.25, 0.3) is 0 Å². The van der Waals surface area contributed by atoms with Crippen LogP contribution in [0.1, 0.15) is 23.0 Å². The normalized spacial score (nSPS) is 10.3. The maximum Gasteiger partial charge on any atom is 0.257 e. The molecule has 0 aliphatic rings. The first-order valence-electron chi connectivity index (χ1n) is 6.26. The molecule has 0 spiro atoms. The second kappa shape index (κ2) is 6.61. The molecule has 0 N–H and O–H groups in total. The van der Waals surface area contributed by atoms with Crippen LogP contribution >= 0.6 is 15.9 Å². The van der Waals surface area contributed by atoms with Gasteiger partial charge in [-0.15, -0.1) is 0 Å². The van der Waals surface area contributed by atoms with E-state index in [1.54, 1.807) is 17.2 Å². The molecule has 1 aromatic carbocycles. The van der Waals surface area contributed by atoms with Crippen molar-refractivity contribution in [2.75, 3.05) is 6.54 Å². The molecule has 2 aromatic rings. The molecule has 0 unspecified atom stereocenters. The number of carbonyl (C=O) groups is 1. The minimum Gasteiger partial charge on any atom is -0.333 e. The van der Waals surface area contributed by atoms with Gasteiger partial charge >= 0.3 is 0 Å². The number of hydrogen-bond acceptors (Lipinski definition) is 2. The Labute approximate surface area is 125 Å². The minimum absolute atomic E-state index is 0.0668. The van der Waals surface area contributed by atoms with Crippen molar-refractivity contribution < 1.29 is 9.18 Å². The van der Waals surface area contributed by atoms with Crippen molar-refractivity contribution in [2.24, 2.45) is 0 Å². The molecule has 0 fully saturated rings. The fourth-order valence-electron chi connectivity index (χ4n) is 1.85. The quantitative estimate of drug-likeness (QED) is 0.853. The number of rotatable bonds is 4. The van der Waals surface area contributed by atoms with Crippen molar-refractivity contribution in [3.8, 4) is 0 Å². The number of carbonyl (C=O) groups excluding carboxylic acids is 1. The summed E-state index contributed by atoms with van der Waals surface area (Å²) >= 11 is 3.25. The summed E-state index contributed by atoms with van der Waals surface area (Å²) in [6, 6.07) is 9.87. The van der Waals surface area contributed by atoms with E-state index in [0.717, 1.165) is 5.69 Å². The van der Waals surface area contributed by atoms with Gasteiger partial charge in [0, 0.05) is 17.2 Å². The highest BCUT2D eigenvalue weighted by Gasteiger charge is 2.18. The molecule has 104 valence electrons. The Balaban J connectivity index is 2.23. The topological polar surface area (TPSA) is 33.2 Å². The highest BCUT2D eigenvalue weighted by atomic mass is 79.9. The van der Waals surface area contributed by atoms with Gasteiger partial charge < -0.3 is 4.90 Å². The third kappa shape index (κ3) is 3.42. The molecule has 0 saturated heterocycles. The highest BCUT2D eigenvalue weighted by Crippen LogP contribution is 2.18. The minimum atomic E-state index is -0.516. The molecule has 1 aromatic heterocycles. The fourth-order valence-corrected chi connectivity index (χ4v) is 2.21. The van der Waals surface area contributed by atoms with E-state index < -0.39 is 5.82 Å². The standard InChI is InChI=1S/C15H14BrFN2O/c1-2-19(10-12-5-3-4-8-18-12)15(20)13-9-11(16)6-7-14(13)17/h3-9H,2,10H2,1H3. The number of nitrogens with zero attached hydrogens (tertiary/aromatic N) is 2. The second-order valence-electron chi connectivity index (χ2n) is 4.26. The summed E-state index contributed by atoms with van der Waals surface area (Å²) in [5.74, 6) is -0.852. The highest BCUT2D eigenvalue weighted by molar-refractivity contribution is 9.10. The van der Waals surface area contributed by atoms with Crippen LogP contribution in [0.15, 0.2) is 47.1 Å². The van der Waals surface area contributed by atoms with Crippen LogP contribution in [-0.2, 0) is 6.54 Å². The lowest BCUT2D eigenvalue weighted by Crippen LogP contribution is -2.31. The molecular formula is C15H14BrFN2O. The molecule has 0 saturated carbocycles. The predicted octanol–water partition coefficient (Wildman–Crippen LogP) is 3.65. The third-order valence-corrected chi connectivity index (χ3v) is 3.40. The van der Waals surface area contributed by atoms with E-state index in [9.17, 15) is 9.18 Å². The van der Waals surface area contributed by atoms with Crippen molar-refractivity contribution in [3.63, 3.8) is 0 Å². The number of halogens is 2. The molecule has 0 aliphatic carbocycles. The molecule has 1 heterocycles. The zero-order chi connectivity index (χ0) is 14.5. The summed E-state index contributed by atoms with van der Waals surface area (Å²) in [6.07, 6.45) is 1.67. The summed E-state index contributed by atoms with van der Waals surface area (Å²) in [6.45, 7) is 2.71. The SMILES string of the molecule is CCN(Cc1ccccn1)C(=O)c1cc(Br)ccc1F. The van der Waals surface area contributed by atoms with Gasteiger partial charge in [-0.3, -0.25) is 9.78 Å². The predicted molar refractivity (Wildman–Crippen MR) is 78.8 cm³/mol. The van der Waals surface area contributed by atoms with Crippen molar-refractivity contribution in [1.29, 1.82) is 0 Å². The number of aromatic nitrogens is 1. The second-order valence-corrected chi connectivity index (χ2v) is 5.18. The van der Waals surface area contributed by atoms with E-state index in [1.165, 1.54) is 12.1 Å². The average Bonchev–Trinajstić information content (AvgIpc) is 2.47. The molecule has 0 aliphatic heterocycles. The summed E-state index contributed by atoms with van der Waals surface area (Å²) in [7, 11) is 0. The largest absolute Gasteiger partial charge is 0.333 e. The van der Waals surface area contributed by atoms with Gasteiger partial charge in [-0.2, -0.15) is 0 Å². The number of hydrogen-bond donors (Lipinski definition) is 0. The van der Waals surface area contributed by atoms with Crippen LogP contribution in [0.3, 0.4) is 0 Å². The van der Waals surface area contributed by atoms with Gasteiger partial charge in [-0.1, -0.05) is 22.0 Å². The first-order valence-corrected chi connectivity index (χ1v) is 7.05. The fraction of sp³-hybridized carbons (Fsp3) is 0.200. The number of pyridine rings is 1. The van der Waals surface area contributed by atoms with Gasteiger partial charge in [0.1, 0.15) is 5.82 Å². The summed E-state index contributed by atoms with van der Waals surface area (Å²) < 4.78 is 14.4. The van der Waals surface area contributed by atoms with Crippen LogP contribution in [-0.4, -0.2) is 22.3 Å². The lowest BCUT2D eigenvalue weighted by Gasteiger charge is -2.21. The van der Waals surface area contributed by atoms with E-state index >= 15 is 0 Å². The number of amides is 1. The van der Waals surface area contributed by atoms with E-state index in [1.807, 2.05) is 25.1 Å². The summed E-state index contributed by atoms with van der Waals surface area (Å²) in [5, 5.41) is 0. The maximum absolute atomic E-state index is 13.8. The first kappa shape index (κ1) is 14.7. The smallest absolute Gasteiger partial charge is 0.257 e. The van der Waals surface area contributed by atoms with Crippen molar-refractivity contribution >= 4 is 21.8 Å². The maximum atomic E-state index is 13.8. The molecule has 5 heteroatoms. The first-order chi connectivity index (χ1) is 9.61.